The van der Waals surface area contributed by atoms with Crippen LogP contribution in [0.2, 0.25) is 0 Å². The first-order valence-corrected chi connectivity index (χ1v) is 11.1. The molecule has 3 aromatic rings. The quantitative estimate of drug-likeness (QED) is 0.290. The second-order valence-corrected chi connectivity index (χ2v) is 8.89. The summed E-state index contributed by atoms with van der Waals surface area (Å²) in [4.78, 5) is 27.2. The fourth-order valence-electron chi connectivity index (χ4n) is 4.32. The van der Waals surface area contributed by atoms with Crippen LogP contribution in [0.15, 0.2) is 30.3 Å². The predicted molar refractivity (Wildman–Crippen MR) is 131 cm³/mol. The number of non-ortho nitro benzene ring substituents is 1. The van der Waals surface area contributed by atoms with E-state index in [4.69, 9.17) is 4.74 Å². The number of nitrogens with zero attached hydrogens (tertiary/aromatic N) is 4. The lowest BCUT2D eigenvalue weighted by atomic mass is 9.99. The second kappa shape index (κ2) is 10.2. The minimum atomic E-state index is -0.437. The summed E-state index contributed by atoms with van der Waals surface area (Å²) in [5.41, 5.74) is 4.61. The van der Waals surface area contributed by atoms with E-state index in [2.05, 4.69) is 0 Å². The summed E-state index contributed by atoms with van der Waals surface area (Å²) in [6.07, 6.45) is 0.0870. The average Bonchev–Trinajstić information content (AvgIpc) is 3.02. The monoisotopic (exact) mass is 468 g/mol. The van der Waals surface area contributed by atoms with Gasteiger partial charge in [-0.15, -0.1) is 0 Å². The molecule has 0 aliphatic heterocycles. The maximum atomic E-state index is 12.5. The molecule has 1 aromatic heterocycles. The van der Waals surface area contributed by atoms with Crippen molar-refractivity contribution in [3.05, 3.63) is 62.8 Å². The Kier molecular flexibility index (Phi) is 7.58. The first-order valence-electron chi connectivity index (χ1n) is 11.1. The number of phenolic OH excluding ortho intramolecular Hbond substituents is 1. The molecule has 0 amide bonds. The molecule has 0 bridgehead atoms. The van der Waals surface area contributed by atoms with Gasteiger partial charge in [0.05, 0.1) is 23.5 Å². The molecule has 9 nitrogen and oxygen atoms in total. The van der Waals surface area contributed by atoms with E-state index in [-0.39, 0.29) is 30.4 Å². The van der Waals surface area contributed by atoms with Gasteiger partial charge in [-0.2, -0.15) is 0 Å². The molecule has 1 heterocycles. The molecular formula is C25H32N4O5. The van der Waals surface area contributed by atoms with Crippen LogP contribution < -0.4 is 0 Å². The van der Waals surface area contributed by atoms with E-state index in [9.17, 15) is 20.0 Å². The Morgan fingerprint density at radius 1 is 1.09 bits per heavy atom. The number of hydrogen-bond acceptors (Lipinski definition) is 7. The van der Waals surface area contributed by atoms with E-state index >= 15 is 0 Å². The number of esters is 1. The van der Waals surface area contributed by atoms with Crippen LogP contribution in [0, 0.1) is 17.0 Å². The fraction of sp³-hybridized carbons (Fsp3) is 0.400. The van der Waals surface area contributed by atoms with Crippen LogP contribution in [-0.4, -0.2) is 65.2 Å². The lowest BCUT2D eigenvalue weighted by Gasteiger charge is -2.19. The van der Waals surface area contributed by atoms with E-state index in [0.717, 1.165) is 33.3 Å². The van der Waals surface area contributed by atoms with E-state index in [0.29, 0.717) is 18.8 Å². The van der Waals surface area contributed by atoms with Gasteiger partial charge in [-0.1, -0.05) is 0 Å². The maximum Gasteiger partial charge on any atom is 0.310 e. The van der Waals surface area contributed by atoms with Crippen LogP contribution in [0.1, 0.15) is 29.3 Å². The molecule has 0 aliphatic carbocycles. The summed E-state index contributed by atoms with van der Waals surface area (Å²) in [5, 5.41) is 23.3. The van der Waals surface area contributed by atoms with Crippen LogP contribution in [0.3, 0.4) is 0 Å². The highest BCUT2D eigenvalue weighted by Crippen LogP contribution is 2.39. The van der Waals surface area contributed by atoms with E-state index in [1.54, 1.807) is 19.1 Å². The van der Waals surface area contributed by atoms with Crippen molar-refractivity contribution in [3.63, 3.8) is 0 Å². The zero-order chi connectivity index (χ0) is 25.2. The Labute approximate surface area is 199 Å². The zero-order valence-electron chi connectivity index (χ0n) is 20.6. The van der Waals surface area contributed by atoms with Crippen LogP contribution in [-0.2, 0) is 29.0 Å². The molecule has 0 radical (unpaired) electrons. The highest BCUT2D eigenvalue weighted by Gasteiger charge is 2.25. The summed E-state index contributed by atoms with van der Waals surface area (Å²) in [5.74, 6) is -0.122. The van der Waals surface area contributed by atoms with Crippen LogP contribution in [0.25, 0.3) is 16.6 Å². The molecule has 0 atom stereocenters. The smallest absolute Gasteiger partial charge is 0.310 e. The molecule has 34 heavy (non-hydrogen) atoms. The van der Waals surface area contributed by atoms with Crippen LogP contribution >= 0.6 is 0 Å². The number of rotatable bonds is 9. The number of ether oxygens (including phenoxy) is 1. The molecule has 0 unspecified atom stereocenters. The topological polar surface area (TPSA) is 101 Å². The second-order valence-electron chi connectivity index (χ2n) is 8.89. The highest BCUT2D eigenvalue weighted by molar-refractivity contribution is 5.95. The standard InChI is InChI=1S/C25H32N4O5/c1-7-34-23(30)13-20-16(2)28(18-8-10-19(11-9-18)29(32)33)24-21(20)12-17(14-26(3)4)25(31)22(24)15-27(5)6/h8-12,31H,7,13-15H2,1-6H3. The van der Waals surface area contributed by atoms with Gasteiger partial charge in [0, 0.05) is 53.1 Å². The summed E-state index contributed by atoms with van der Waals surface area (Å²) >= 11 is 0. The molecule has 2 aromatic carbocycles. The van der Waals surface area contributed by atoms with E-state index in [1.165, 1.54) is 12.1 Å². The molecule has 182 valence electrons. The summed E-state index contributed by atoms with van der Waals surface area (Å²) in [6.45, 7) is 4.98. The van der Waals surface area contributed by atoms with Gasteiger partial charge < -0.3 is 24.2 Å². The van der Waals surface area contributed by atoms with Gasteiger partial charge in [0.2, 0.25) is 0 Å². The summed E-state index contributed by atoms with van der Waals surface area (Å²) in [6, 6.07) is 8.22. The van der Waals surface area contributed by atoms with Crippen molar-refractivity contribution in [2.24, 2.45) is 0 Å². The van der Waals surface area contributed by atoms with Crippen molar-refractivity contribution in [1.29, 1.82) is 0 Å². The lowest BCUT2D eigenvalue weighted by Crippen LogP contribution is -2.15. The zero-order valence-corrected chi connectivity index (χ0v) is 20.6. The molecule has 0 saturated carbocycles. The first kappa shape index (κ1) is 25.2. The molecule has 9 heteroatoms. The third kappa shape index (κ3) is 5.05. The number of aromatic nitrogens is 1. The first-order chi connectivity index (χ1) is 16.0. The van der Waals surface area contributed by atoms with Crippen molar-refractivity contribution >= 4 is 22.6 Å². The van der Waals surface area contributed by atoms with Gasteiger partial charge in [-0.25, -0.2) is 0 Å². The molecule has 0 spiro atoms. The molecule has 3 rings (SSSR count). The number of fused-ring (bicyclic) bond motifs is 1. The number of nitro groups is 1. The molecule has 0 saturated heterocycles. The Balaban J connectivity index is 2.39. The van der Waals surface area contributed by atoms with Gasteiger partial charge in [0.25, 0.3) is 5.69 Å². The Hall–Kier alpha value is -3.43. The predicted octanol–water partition coefficient (Wildman–Crippen LogP) is 3.78. The Morgan fingerprint density at radius 2 is 1.71 bits per heavy atom. The number of phenols is 1. The van der Waals surface area contributed by atoms with Crippen molar-refractivity contribution in [1.82, 2.24) is 14.4 Å². The van der Waals surface area contributed by atoms with Gasteiger partial charge >= 0.3 is 5.97 Å². The minimum Gasteiger partial charge on any atom is -0.507 e. The van der Waals surface area contributed by atoms with Crippen molar-refractivity contribution in [2.45, 2.75) is 33.4 Å². The number of carbonyl (C=O) groups is 1. The molecule has 0 fully saturated rings. The van der Waals surface area contributed by atoms with Crippen molar-refractivity contribution in [3.8, 4) is 11.4 Å². The number of aromatic hydroxyl groups is 1. The minimum absolute atomic E-state index is 0.00533. The summed E-state index contributed by atoms with van der Waals surface area (Å²) < 4.78 is 7.20. The summed E-state index contributed by atoms with van der Waals surface area (Å²) in [7, 11) is 7.72. The molecule has 1 N–H and O–H groups in total. The molecule has 0 aliphatic rings. The van der Waals surface area contributed by atoms with Crippen LogP contribution in [0.5, 0.6) is 5.75 Å². The van der Waals surface area contributed by atoms with Gasteiger partial charge in [-0.3, -0.25) is 14.9 Å². The largest absolute Gasteiger partial charge is 0.507 e. The highest BCUT2D eigenvalue weighted by atomic mass is 16.6. The van der Waals surface area contributed by atoms with Gasteiger partial charge in [0.1, 0.15) is 5.75 Å². The fourth-order valence-corrected chi connectivity index (χ4v) is 4.32. The lowest BCUT2D eigenvalue weighted by molar-refractivity contribution is -0.384. The van der Waals surface area contributed by atoms with Crippen LogP contribution in [0.4, 0.5) is 5.69 Å². The van der Waals surface area contributed by atoms with E-state index < -0.39 is 4.92 Å². The normalized spacial score (nSPS) is 11.5. The number of nitro benzene ring substituents is 1. The van der Waals surface area contributed by atoms with Gasteiger partial charge in [0.15, 0.2) is 0 Å². The van der Waals surface area contributed by atoms with Crippen molar-refractivity contribution in [2.75, 3.05) is 34.8 Å². The third-order valence-corrected chi connectivity index (χ3v) is 5.68. The number of benzene rings is 2. The molecular weight excluding hydrogens is 436 g/mol. The third-order valence-electron chi connectivity index (χ3n) is 5.68. The average molecular weight is 469 g/mol. The SMILES string of the molecule is CCOC(=O)Cc1c(C)n(-c2ccc([N+](=O)[O-])cc2)c2c(CN(C)C)c(O)c(CN(C)C)cc12. The number of carbonyl (C=O) groups excluding carboxylic acids is 1. The Morgan fingerprint density at radius 3 is 2.24 bits per heavy atom. The van der Waals surface area contributed by atoms with E-state index in [1.807, 2.05) is 55.5 Å². The maximum absolute atomic E-state index is 12.5. The Bertz CT molecular complexity index is 1210. The number of hydrogen-bond donors (Lipinski definition) is 1. The van der Waals surface area contributed by atoms with Gasteiger partial charge in [-0.05, 0) is 65.8 Å². The van der Waals surface area contributed by atoms with Crippen molar-refractivity contribution < 1.29 is 19.6 Å².